The molecule has 2 amide bonds. The molecular formula is C23H33N5O2. The topological polar surface area (TPSA) is 73.5 Å². The maximum atomic E-state index is 12.9. The quantitative estimate of drug-likeness (QED) is 0.766. The Balaban J connectivity index is 1.44. The number of amides is 2. The van der Waals surface area contributed by atoms with Crippen LogP contribution >= 0.6 is 0 Å². The van der Waals surface area contributed by atoms with Gasteiger partial charge in [-0.2, -0.15) is 0 Å². The summed E-state index contributed by atoms with van der Waals surface area (Å²) < 4.78 is 5.60. The highest BCUT2D eigenvalue weighted by Gasteiger charge is 2.44. The van der Waals surface area contributed by atoms with Gasteiger partial charge in [0.05, 0.1) is 12.9 Å². The third-order valence-electron chi connectivity index (χ3n) is 6.87. The molecule has 2 unspecified atom stereocenters. The van der Waals surface area contributed by atoms with Gasteiger partial charge in [0.1, 0.15) is 5.75 Å². The van der Waals surface area contributed by atoms with Gasteiger partial charge in [0, 0.05) is 56.2 Å². The van der Waals surface area contributed by atoms with E-state index in [-0.39, 0.29) is 6.03 Å². The van der Waals surface area contributed by atoms with Crippen molar-refractivity contribution in [3.05, 3.63) is 42.5 Å². The van der Waals surface area contributed by atoms with Crippen LogP contribution < -0.4 is 15.0 Å². The number of carbonyl (C=O) groups is 1. The van der Waals surface area contributed by atoms with E-state index in [1.54, 1.807) is 12.5 Å². The number of urea groups is 1. The van der Waals surface area contributed by atoms with E-state index in [1.807, 2.05) is 24.0 Å². The standard InChI is InChI=1S/C23H33N5O2/c1-4-30-21-7-5-20(6-8-21)28-13-18-12-27(14-22(28)17(3)16(18)2)23(29)25-10-9-19-11-24-15-26-19/h5-8,11,15-18,22H,4,9-10,12-14H2,1-3H3,(H,24,26)(H,25,29)/t16-,17-,18?,22?/m0/s1. The van der Waals surface area contributed by atoms with Crippen LogP contribution in [0.4, 0.5) is 10.5 Å². The first-order valence-electron chi connectivity index (χ1n) is 11.1. The average molecular weight is 412 g/mol. The predicted molar refractivity (Wildman–Crippen MR) is 118 cm³/mol. The second-order valence-corrected chi connectivity index (χ2v) is 8.59. The van der Waals surface area contributed by atoms with Crippen molar-refractivity contribution >= 4 is 11.7 Å². The molecule has 4 heterocycles. The van der Waals surface area contributed by atoms with Crippen molar-refractivity contribution < 1.29 is 9.53 Å². The Morgan fingerprint density at radius 1 is 1.20 bits per heavy atom. The third kappa shape index (κ3) is 4.25. The number of nitrogens with one attached hydrogen (secondary N) is 2. The molecule has 162 valence electrons. The molecule has 7 nitrogen and oxygen atoms in total. The number of hydrogen-bond donors (Lipinski definition) is 2. The molecule has 2 N–H and O–H groups in total. The van der Waals surface area contributed by atoms with Crippen LogP contribution in [0.15, 0.2) is 36.8 Å². The fourth-order valence-electron chi connectivity index (χ4n) is 4.89. The van der Waals surface area contributed by atoms with Crippen LogP contribution in [0.1, 0.15) is 26.5 Å². The summed E-state index contributed by atoms with van der Waals surface area (Å²) in [5, 5.41) is 3.10. The van der Waals surface area contributed by atoms with Crippen molar-refractivity contribution in [3.8, 4) is 5.75 Å². The molecule has 5 rings (SSSR count). The monoisotopic (exact) mass is 411 g/mol. The minimum Gasteiger partial charge on any atom is -0.494 e. The Morgan fingerprint density at radius 3 is 2.70 bits per heavy atom. The van der Waals surface area contributed by atoms with Crippen LogP contribution in [0.2, 0.25) is 0 Å². The number of rotatable bonds is 6. The van der Waals surface area contributed by atoms with Gasteiger partial charge < -0.3 is 24.8 Å². The van der Waals surface area contributed by atoms with Gasteiger partial charge in [0.15, 0.2) is 0 Å². The Kier molecular flexibility index (Phi) is 6.16. The molecule has 7 heteroatoms. The van der Waals surface area contributed by atoms with E-state index in [9.17, 15) is 4.79 Å². The van der Waals surface area contributed by atoms with Crippen LogP contribution in [-0.4, -0.2) is 59.7 Å². The molecule has 0 saturated carbocycles. The van der Waals surface area contributed by atoms with Crippen LogP contribution in [0.3, 0.4) is 0 Å². The van der Waals surface area contributed by atoms with E-state index in [2.05, 4.69) is 46.2 Å². The van der Waals surface area contributed by atoms with Crippen molar-refractivity contribution in [2.24, 2.45) is 17.8 Å². The van der Waals surface area contributed by atoms with Gasteiger partial charge in [-0.1, -0.05) is 13.8 Å². The zero-order chi connectivity index (χ0) is 21.1. The number of hydrogen-bond acceptors (Lipinski definition) is 4. The highest BCUT2D eigenvalue weighted by molar-refractivity contribution is 5.74. The number of imidazole rings is 1. The van der Waals surface area contributed by atoms with Crippen LogP contribution in [0.5, 0.6) is 5.75 Å². The van der Waals surface area contributed by atoms with Crippen molar-refractivity contribution in [1.29, 1.82) is 0 Å². The Labute approximate surface area is 178 Å². The smallest absolute Gasteiger partial charge is 0.317 e. The first kappa shape index (κ1) is 20.6. The molecule has 1 aromatic carbocycles. The number of piperidine rings is 1. The molecule has 0 radical (unpaired) electrons. The summed E-state index contributed by atoms with van der Waals surface area (Å²) in [6.07, 6.45) is 4.23. The van der Waals surface area contributed by atoms with E-state index in [1.165, 1.54) is 5.69 Å². The van der Waals surface area contributed by atoms with Gasteiger partial charge >= 0.3 is 6.03 Å². The molecule has 0 spiro atoms. The lowest BCUT2D eigenvalue weighted by atomic mass is 9.76. The maximum absolute atomic E-state index is 12.9. The van der Waals surface area contributed by atoms with Gasteiger partial charge in [-0.05, 0) is 48.9 Å². The summed E-state index contributed by atoms with van der Waals surface area (Å²) in [4.78, 5) is 24.6. The molecule has 3 aliphatic heterocycles. The largest absolute Gasteiger partial charge is 0.494 e. The zero-order valence-corrected chi connectivity index (χ0v) is 18.2. The van der Waals surface area contributed by atoms with Gasteiger partial charge in [0.25, 0.3) is 0 Å². The van der Waals surface area contributed by atoms with Crippen LogP contribution in [0.25, 0.3) is 0 Å². The summed E-state index contributed by atoms with van der Waals surface area (Å²) in [5.41, 5.74) is 2.25. The number of fused-ring (bicyclic) bond motifs is 4. The number of nitrogens with zero attached hydrogens (tertiary/aromatic N) is 3. The van der Waals surface area contributed by atoms with Gasteiger partial charge in [0.2, 0.25) is 0 Å². The normalized spacial score (nSPS) is 25.8. The van der Waals surface area contributed by atoms with E-state index in [0.29, 0.717) is 36.9 Å². The molecule has 4 atom stereocenters. The Hall–Kier alpha value is -2.70. The van der Waals surface area contributed by atoms with Crippen molar-refractivity contribution in [3.63, 3.8) is 0 Å². The predicted octanol–water partition coefficient (Wildman–Crippen LogP) is 3.15. The van der Waals surface area contributed by atoms with E-state index >= 15 is 0 Å². The van der Waals surface area contributed by atoms with Gasteiger partial charge in [-0.25, -0.2) is 9.78 Å². The summed E-state index contributed by atoms with van der Waals surface area (Å²) in [6, 6.07) is 8.75. The molecule has 0 aliphatic carbocycles. The lowest BCUT2D eigenvalue weighted by molar-refractivity contribution is 0.190. The SMILES string of the molecule is CCOc1ccc(N2CC3CN(C(=O)NCCc4cnc[nH]4)CC2[C@@H](C)[C@@H]3C)cc1. The Bertz CT molecular complexity index is 823. The fourth-order valence-corrected chi connectivity index (χ4v) is 4.89. The number of H-pyrrole nitrogens is 1. The Morgan fingerprint density at radius 2 is 2.00 bits per heavy atom. The fraction of sp³-hybridized carbons (Fsp3) is 0.565. The minimum atomic E-state index is 0.0411. The first-order valence-corrected chi connectivity index (χ1v) is 11.1. The third-order valence-corrected chi connectivity index (χ3v) is 6.87. The highest BCUT2D eigenvalue weighted by atomic mass is 16.5. The average Bonchev–Trinajstić information content (AvgIpc) is 3.14. The maximum Gasteiger partial charge on any atom is 0.317 e. The summed E-state index contributed by atoms with van der Waals surface area (Å²) in [7, 11) is 0. The van der Waals surface area contributed by atoms with Gasteiger partial charge in [-0.3, -0.25) is 0 Å². The molecule has 30 heavy (non-hydrogen) atoms. The zero-order valence-electron chi connectivity index (χ0n) is 18.2. The molecule has 3 aliphatic rings. The van der Waals surface area contributed by atoms with Crippen molar-refractivity contribution in [2.75, 3.05) is 37.7 Å². The van der Waals surface area contributed by atoms with Gasteiger partial charge in [-0.15, -0.1) is 0 Å². The van der Waals surface area contributed by atoms with E-state index < -0.39 is 0 Å². The number of aromatic nitrogens is 2. The summed E-state index contributed by atoms with van der Waals surface area (Å²) in [5.74, 6) is 2.49. The van der Waals surface area contributed by atoms with E-state index in [4.69, 9.17) is 4.74 Å². The lowest BCUT2D eigenvalue weighted by Gasteiger charge is -2.45. The molecule has 2 aromatic rings. The number of benzene rings is 1. The van der Waals surface area contributed by atoms with Crippen LogP contribution in [0, 0.1) is 17.8 Å². The summed E-state index contributed by atoms with van der Waals surface area (Å²) in [6.45, 7) is 10.5. The van der Waals surface area contributed by atoms with Crippen molar-refractivity contribution in [1.82, 2.24) is 20.2 Å². The van der Waals surface area contributed by atoms with E-state index in [0.717, 1.165) is 37.5 Å². The molecule has 1 aromatic heterocycles. The second kappa shape index (κ2) is 8.98. The number of ether oxygens (including phenoxy) is 1. The lowest BCUT2D eigenvalue weighted by Crippen LogP contribution is -2.52. The minimum absolute atomic E-state index is 0.0411. The molecule has 2 bridgehead atoms. The number of anilines is 1. The highest BCUT2D eigenvalue weighted by Crippen LogP contribution is 2.39. The first-order chi connectivity index (χ1) is 14.6. The van der Waals surface area contributed by atoms with Crippen LogP contribution in [-0.2, 0) is 6.42 Å². The number of aromatic amines is 1. The number of carbonyl (C=O) groups excluding carboxylic acids is 1. The molecule has 3 fully saturated rings. The summed E-state index contributed by atoms with van der Waals surface area (Å²) >= 11 is 0. The second-order valence-electron chi connectivity index (χ2n) is 8.59. The molecular weight excluding hydrogens is 378 g/mol. The van der Waals surface area contributed by atoms with Crippen molar-refractivity contribution in [2.45, 2.75) is 33.2 Å². The molecule has 3 saturated heterocycles.